The van der Waals surface area contributed by atoms with E-state index in [4.69, 9.17) is 0 Å². The first-order chi connectivity index (χ1) is 5.66. The highest BCUT2D eigenvalue weighted by Gasteiger charge is 2.32. The summed E-state index contributed by atoms with van der Waals surface area (Å²) >= 11 is 0. The Hall–Kier alpha value is -0.0400. The molecule has 0 aromatic heterocycles. The molecule has 0 aromatic carbocycles. The number of aliphatic hydroxyl groups is 1. The van der Waals surface area contributed by atoms with Gasteiger partial charge in [0.2, 0.25) is 0 Å². The van der Waals surface area contributed by atoms with Crippen molar-refractivity contribution in [3.05, 3.63) is 0 Å². The maximum absolute atomic E-state index is 9.79. The minimum atomic E-state index is -0.0175. The summed E-state index contributed by atoms with van der Waals surface area (Å²) in [5, 5.41) is 9.79. The Morgan fingerprint density at radius 1 is 1.33 bits per heavy atom. The van der Waals surface area contributed by atoms with Gasteiger partial charge >= 0.3 is 0 Å². The zero-order valence-corrected chi connectivity index (χ0v) is 8.59. The van der Waals surface area contributed by atoms with Crippen molar-refractivity contribution in [3.8, 4) is 0 Å². The fourth-order valence-electron chi connectivity index (χ4n) is 2.68. The summed E-state index contributed by atoms with van der Waals surface area (Å²) in [5.41, 5.74) is 0. The first-order valence-corrected chi connectivity index (χ1v) is 5.34. The minimum absolute atomic E-state index is 0.0175. The molecule has 0 spiro atoms. The van der Waals surface area contributed by atoms with Gasteiger partial charge in [0.25, 0.3) is 0 Å². The van der Waals surface area contributed by atoms with Crippen molar-refractivity contribution in [2.45, 2.75) is 52.6 Å². The molecule has 1 N–H and O–H groups in total. The zero-order valence-electron chi connectivity index (χ0n) is 8.59. The molecule has 0 amide bonds. The summed E-state index contributed by atoms with van der Waals surface area (Å²) in [6.07, 6.45) is 4.70. The van der Waals surface area contributed by atoms with Gasteiger partial charge in [0, 0.05) is 0 Å². The molecule has 0 aliphatic heterocycles. The van der Waals surface area contributed by atoms with Gasteiger partial charge in [-0.3, -0.25) is 0 Å². The maximum atomic E-state index is 9.79. The van der Waals surface area contributed by atoms with Crippen LogP contribution in [-0.4, -0.2) is 11.2 Å². The van der Waals surface area contributed by atoms with Crippen LogP contribution in [0.15, 0.2) is 0 Å². The van der Waals surface area contributed by atoms with Crippen LogP contribution in [0.4, 0.5) is 0 Å². The third-order valence-electron chi connectivity index (χ3n) is 3.41. The van der Waals surface area contributed by atoms with Crippen LogP contribution >= 0.6 is 0 Å². The molecule has 1 aliphatic carbocycles. The molecule has 1 rings (SSSR count). The molecule has 0 radical (unpaired) electrons. The highest BCUT2D eigenvalue weighted by Crippen LogP contribution is 2.36. The maximum Gasteiger partial charge on any atom is 0.0571 e. The van der Waals surface area contributed by atoms with E-state index in [1.54, 1.807) is 0 Å². The topological polar surface area (TPSA) is 20.2 Å². The predicted octanol–water partition coefficient (Wildman–Crippen LogP) is 2.83. The third-order valence-corrected chi connectivity index (χ3v) is 3.41. The number of rotatable bonds is 2. The van der Waals surface area contributed by atoms with E-state index < -0.39 is 0 Å². The SMILES string of the molecule is CCC1C(O)CCCC1C(C)C. The Kier molecular flexibility index (Phi) is 3.57. The molecule has 1 heteroatoms. The van der Waals surface area contributed by atoms with E-state index in [2.05, 4.69) is 20.8 Å². The van der Waals surface area contributed by atoms with Gasteiger partial charge in [0.15, 0.2) is 0 Å². The van der Waals surface area contributed by atoms with Crippen molar-refractivity contribution in [1.29, 1.82) is 0 Å². The first kappa shape index (κ1) is 10.0. The van der Waals surface area contributed by atoms with Gasteiger partial charge < -0.3 is 5.11 Å². The highest BCUT2D eigenvalue weighted by molar-refractivity contribution is 4.82. The molecule has 0 aromatic rings. The highest BCUT2D eigenvalue weighted by atomic mass is 16.3. The molecule has 1 fully saturated rings. The fraction of sp³-hybridized carbons (Fsp3) is 1.00. The summed E-state index contributed by atoms with van der Waals surface area (Å²) in [6.45, 7) is 6.77. The number of hydrogen-bond donors (Lipinski definition) is 1. The number of hydrogen-bond acceptors (Lipinski definition) is 1. The summed E-state index contributed by atoms with van der Waals surface area (Å²) in [7, 11) is 0. The van der Waals surface area contributed by atoms with Crippen molar-refractivity contribution in [2.24, 2.45) is 17.8 Å². The average molecular weight is 170 g/mol. The normalized spacial score (nSPS) is 37.2. The van der Waals surface area contributed by atoms with E-state index >= 15 is 0 Å². The van der Waals surface area contributed by atoms with Gasteiger partial charge in [-0.25, -0.2) is 0 Å². The van der Waals surface area contributed by atoms with Crippen LogP contribution < -0.4 is 0 Å². The fourth-order valence-corrected chi connectivity index (χ4v) is 2.68. The Balaban J connectivity index is 2.57. The van der Waals surface area contributed by atoms with Crippen molar-refractivity contribution < 1.29 is 5.11 Å². The Bertz CT molecular complexity index is 131. The van der Waals surface area contributed by atoms with E-state index in [1.807, 2.05) is 0 Å². The quantitative estimate of drug-likeness (QED) is 0.675. The first-order valence-electron chi connectivity index (χ1n) is 5.34. The molecule has 72 valence electrons. The van der Waals surface area contributed by atoms with Crippen LogP contribution in [-0.2, 0) is 0 Å². The lowest BCUT2D eigenvalue weighted by molar-refractivity contribution is 0.0141. The lowest BCUT2D eigenvalue weighted by atomic mass is 9.71. The second-order valence-electron chi connectivity index (χ2n) is 4.48. The van der Waals surface area contributed by atoms with Crippen LogP contribution in [0.3, 0.4) is 0 Å². The van der Waals surface area contributed by atoms with Gasteiger partial charge in [-0.2, -0.15) is 0 Å². The van der Waals surface area contributed by atoms with E-state index in [9.17, 15) is 5.11 Å². The van der Waals surface area contributed by atoms with Crippen molar-refractivity contribution in [1.82, 2.24) is 0 Å². The van der Waals surface area contributed by atoms with Crippen molar-refractivity contribution in [3.63, 3.8) is 0 Å². The largest absolute Gasteiger partial charge is 0.393 e. The molecular weight excluding hydrogens is 148 g/mol. The predicted molar refractivity (Wildman–Crippen MR) is 52.0 cm³/mol. The van der Waals surface area contributed by atoms with Gasteiger partial charge in [-0.1, -0.05) is 33.6 Å². The van der Waals surface area contributed by atoms with Crippen molar-refractivity contribution in [2.75, 3.05) is 0 Å². The second kappa shape index (κ2) is 4.27. The molecule has 0 saturated heterocycles. The van der Waals surface area contributed by atoms with Gasteiger partial charge in [0.05, 0.1) is 6.10 Å². The Morgan fingerprint density at radius 2 is 2.00 bits per heavy atom. The molecule has 1 aliphatic rings. The van der Waals surface area contributed by atoms with Crippen LogP contribution in [0.25, 0.3) is 0 Å². The van der Waals surface area contributed by atoms with E-state index in [0.717, 1.165) is 24.7 Å². The third kappa shape index (κ3) is 2.01. The molecule has 1 nitrogen and oxygen atoms in total. The lowest BCUT2D eigenvalue weighted by Crippen LogP contribution is -2.34. The van der Waals surface area contributed by atoms with Crippen LogP contribution in [0.5, 0.6) is 0 Å². The summed E-state index contributed by atoms with van der Waals surface area (Å²) in [5.74, 6) is 2.07. The van der Waals surface area contributed by atoms with Gasteiger partial charge in [0.1, 0.15) is 0 Å². The Morgan fingerprint density at radius 3 is 2.42 bits per heavy atom. The van der Waals surface area contributed by atoms with Crippen LogP contribution in [0.1, 0.15) is 46.5 Å². The summed E-state index contributed by atoms with van der Waals surface area (Å²) in [6, 6.07) is 0. The molecule has 3 unspecified atom stereocenters. The Labute approximate surface area is 76.2 Å². The molecule has 0 bridgehead atoms. The number of aliphatic hydroxyl groups excluding tert-OH is 1. The molecule has 3 atom stereocenters. The zero-order chi connectivity index (χ0) is 9.14. The van der Waals surface area contributed by atoms with Gasteiger partial charge in [-0.05, 0) is 30.6 Å². The average Bonchev–Trinajstić information content (AvgIpc) is 2.03. The summed E-state index contributed by atoms with van der Waals surface area (Å²) in [4.78, 5) is 0. The molecule has 1 saturated carbocycles. The van der Waals surface area contributed by atoms with Gasteiger partial charge in [-0.15, -0.1) is 0 Å². The van der Waals surface area contributed by atoms with Crippen LogP contribution in [0.2, 0.25) is 0 Å². The molecule has 0 heterocycles. The lowest BCUT2D eigenvalue weighted by Gasteiger charge is -2.37. The van der Waals surface area contributed by atoms with E-state index in [1.165, 1.54) is 12.8 Å². The monoisotopic (exact) mass is 170 g/mol. The smallest absolute Gasteiger partial charge is 0.0571 e. The second-order valence-corrected chi connectivity index (χ2v) is 4.48. The standard InChI is InChI=1S/C11H22O/c1-4-9-10(8(2)3)6-5-7-11(9)12/h8-12H,4-7H2,1-3H3. The summed E-state index contributed by atoms with van der Waals surface area (Å²) < 4.78 is 0. The molecular formula is C11H22O. The van der Waals surface area contributed by atoms with Crippen molar-refractivity contribution >= 4 is 0 Å². The molecule has 12 heavy (non-hydrogen) atoms. The van der Waals surface area contributed by atoms with E-state index in [0.29, 0.717) is 5.92 Å². The van der Waals surface area contributed by atoms with Crippen LogP contribution in [0, 0.1) is 17.8 Å². The van der Waals surface area contributed by atoms with E-state index in [-0.39, 0.29) is 6.10 Å². The minimum Gasteiger partial charge on any atom is -0.393 e.